The summed E-state index contributed by atoms with van der Waals surface area (Å²) in [6.07, 6.45) is 1.11. The second kappa shape index (κ2) is 8.09. The molecule has 2 atom stereocenters. The number of imide groups is 1. The molecule has 2 aromatic carbocycles. The number of carbonyl (C=O) groups is 2. The summed E-state index contributed by atoms with van der Waals surface area (Å²) in [4.78, 5) is 30.5. The first-order chi connectivity index (χ1) is 14.3. The van der Waals surface area contributed by atoms with Gasteiger partial charge < -0.3 is 4.90 Å². The number of aryl methyl sites for hydroxylation is 1. The third kappa shape index (κ3) is 3.63. The van der Waals surface area contributed by atoms with Crippen LogP contribution < -0.4 is 4.90 Å². The molecule has 1 fully saturated rings. The summed E-state index contributed by atoms with van der Waals surface area (Å²) in [7, 11) is 0. The van der Waals surface area contributed by atoms with Crippen LogP contribution in [0.15, 0.2) is 48.2 Å². The van der Waals surface area contributed by atoms with Gasteiger partial charge in [-0.3, -0.25) is 9.59 Å². The van der Waals surface area contributed by atoms with E-state index in [0.29, 0.717) is 33.8 Å². The van der Waals surface area contributed by atoms with Crippen LogP contribution in [-0.2, 0) is 9.59 Å². The highest BCUT2D eigenvalue weighted by molar-refractivity contribution is 6.49. The molecule has 2 unspecified atom stereocenters. The third-order valence-electron chi connectivity index (χ3n) is 5.76. The predicted molar refractivity (Wildman–Crippen MR) is 122 cm³/mol. The molecule has 2 heterocycles. The first-order valence-electron chi connectivity index (χ1n) is 10.2. The predicted octanol–water partition coefficient (Wildman–Crippen LogP) is 5.56. The molecule has 2 amide bonds. The van der Waals surface area contributed by atoms with E-state index >= 15 is 0 Å². The zero-order chi connectivity index (χ0) is 21.6. The summed E-state index contributed by atoms with van der Waals surface area (Å²) in [5.41, 5.74) is 3.03. The van der Waals surface area contributed by atoms with Crippen LogP contribution in [0.25, 0.3) is 5.57 Å². The van der Waals surface area contributed by atoms with Gasteiger partial charge in [0, 0.05) is 13.1 Å². The van der Waals surface area contributed by atoms with Crippen LogP contribution in [0.5, 0.6) is 0 Å². The summed E-state index contributed by atoms with van der Waals surface area (Å²) in [6, 6.07) is 12.7. The zero-order valence-electron chi connectivity index (χ0n) is 17.3. The molecule has 156 valence electrons. The molecular weight excluding hydrogens is 419 g/mol. The van der Waals surface area contributed by atoms with E-state index < -0.39 is 0 Å². The Morgan fingerprint density at radius 2 is 1.53 bits per heavy atom. The van der Waals surface area contributed by atoms with Crippen molar-refractivity contribution in [1.29, 1.82) is 0 Å². The number of piperidine rings is 1. The Balaban J connectivity index is 1.86. The van der Waals surface area contributed by atoms with E-state index in [1.165, 1.54) is 4.90 Å². The van der Waals surface area contributed by atoms with Gasteiger partial charge in [-0.15, -0.1) is 0 Å². The van der Waals surface area contributed by atoms with E-state index in [9.17, 15) is 9.59 Å². The molecule has 0 aromatic heterocycles. The maximum atomic E-state index is 13.6. The largest absolute Gasteiger partial charge is 0.366 e. The monoisotopic (exact) mass is 442 g/mol. The van der Waals surface area contributed by atoms with Crippen LogP contribution in [0, 0.1) is 18.8 Å². The molecule has 1 saturated heterocycles. The lowest BCUT2D eigenvalue weighted by molar-refractivity contribution is -0.120. The first-order valence-corrected chi connectivity index (χ1v) is 10.9. The normalized spacial score (nSPS) is 22.3. The smallest absolute Gasteiger partial charge is 0.282 e. The highest BCUT2D eigenvalue weighted by Crippen LogP contribution is 2.41. The Morgan fingerprint density at radius 1 is 0.900 bits per heavy atom. The van der Waals surface area contributed by atoms with Crippen molar-refractivity contribution in [2.45, 2.75) is 27.2 Å². The molecule has 0 N–H and O–H groups in total. The molecule has 2 aliphatic rings. The Kier molecular flexibility index (Phi) is 5.65. The number of halogens is 2. The number of likely N-dealkylation sites (tertiary alicyclic amines) is 1. The van der Waals surface area contributed by atoms with Crippen LogP contribution in [0.4, 0.5) is 5.69 Å². The van der Waals surface area contributed by atoms with Crippen molar-refractivity contribution >= 4 is 46.3 Å². The van der Waals surface area contributed by atoms with Gasteiger partial charge in [-0.2, -0.15) is 0 Å². The van der Waals surface area contributed by atoms with Crippen molar-refractivity contribution in [2.24, 2.45) is 11.8 Å². The van der Waals surface area contributed by atoms with E-state index in [0.717, 1.165) is 30.6 Å². The molecule has 0 bridgehead atoms. The van der Waals surface area contributed by atoms with Crippen LogP contribution in [0.2, 0.25) is 10.0 Å². The number of rotatable bonds is 3. The number of anilines is 1. The Labute approximate surface area is 187 Å². The van der Waals surface area contributed by atoms with E-state index in [1.54, 1.807) is 18.2 Å². The second-order valence-electron chi connectivity index (χ2n) is 8.46. The molecule has 6 heteroatoms. The van der Waals surface area contributed by atoms with Crippen LogP contribution in [-0.4, -0.2) is 29.8 Å². The minimum absolute atomic E-state index is 0.200. The van der Waals surface area contributed by atoms with Crippen LogP contribution >= 0.6 is 23.2 Å². The highest BCUT2D eigenvalue weighted by Gasteiger charge is 2.44. The van der Waals surface area contributed by atoms with Crippen molar-refractivity contribution in [2.75, 3.05) is 18.0 Å². The van der Waals surface area contributed by atoms with Gasteiger partial charge in [0.05, 0.1) is 21.3 Å². The van der Waals surface area contributed by atoms with E-state index in [1.807, 2.05) is 31.2 Å². The van der Waals surface area contributed by atoms with Gasteiger partial charge >= 0.3 is 0 Å². The van der Waals surface area contributed by atoms with Gasteiger partial charge in [0.1, 0.15) is 5.70 Å². The van der Waals surface area contributed by atoms with Crippen LogP contribution in [0.1, 0.15) is 31.4 Å². The van der Waals surface area contributed by atoms with Gasteiger partial charge in [-0.05, 0) is 42.9 Å². The fraction of sp³-hybridized carbons (Fsp3) is 0.333. The lowest BCUT2D eigenvalue weighted by Crippen LogP contribution is -2.42. The van der Waals surface area contributed by atoms with E-state index in [-0.39, 0.29) is 16.8 Å². The van der Waals surface area contributed by atoms with E-state index in [2.05, 4.69) is 18.7 Å². The number of benzene rings is 2. The van der Waals surface area contributed by atoms with Crippen molar-refractivity contribution in [3.63, 3.8) is 0 Å². The maximum absolute atomic E-state index is 13.6. The van der Waals surface area contributed by atoms with Gasteiger partial charge in [-0.25, -0.2) is 4.90 Å². The summed E-state index contributed by atoms with van der Waals surface area (Å²) in [5, 5.41) is 0.506. The molecule has 4 rings (SSSR count). The Bertz CT molecular complexity index is 1040. The summed E-state index contributed by atoms with van der Waals surface area (Å²) >= 11 is 12.6. The number of amides is 2. The summed E-state index contributed by atoms with van der Waals surface area (Å²) < 4.78 is 0. The fourth-order valence-electron chi connectivity index (χ4n) is 4.52. The summed E-state index contributed by atoms with van der Waals surface area (Å²) in [5.74, 6) is 0.161. The summed E-state index contributed by atoms with van der Waals surface area (Å²) in [6.45, 7) is 7.84. The lowest BCUT2D eigenvalue weighted by Gasteiger charge is -2.37. The minimum Gasteiger partial charge on any atom is -0.366 e. The van der Waals surface area contributed by atoms with Gasteiger partial charge in [0.2, 0.25) is 0 Å². The lowest BCUT2D eigenvalue weighted by atomic mass is 9.91. The molecular formula is C24H24Cl2N2O2. The standard InChI is InChI=1S/C24H24Cl2N2O2/c1-14-7-9-17(10-8-14)20-22(27-12-15(2)11-16(3)13-27)24(30)28(23(20)29)19-6-4-5-18(25)21(19)26/h4-10,15-16H,11-13H2,1-3H3. The quantitative estimate of drug-likeness (QED) is 0.583. The van der Waals surface area contributed by atoms with E-state index in [4.69, 9.17) is 23.2 Å². The molecule has 30 heavy (non-hydrogen) atoms. The van der Waals surface area contributed by atoms with Crippen molar-refractivity contribution < 1.29 is 9.59 Å². The molecule has 0 radical (unpaired) electrons. The number of nitrogens with zero attached hydrogens (tertiary/aromatic N) is 2. The topological polar surface area (TPSA) is 40.6 Å². The zero-order valence-corrected chi connectivity index (χ0v) is 18.8. The molecule has 2 aliphatic heterocycles. The Hall–Kier alpha value is -2.30. The maximum Gasteiger partial charge on any atom is 0.282 e. The van der Waals surface area contributed by atoms with Crippen molar-refractivity contribution in [1.82, 2.24) is 4.90 Å². The highest BCUT2D eigenvalue weighted by atomic mass is 35.5. The third-order valence-corrected chi connectivity index (χ3v) is 6.57. The van der Waals surface area contributed by atoms with Crippen molar-refractivity contribution in [3.05, 3.63) is 69.3 Å². The number of carbonyl (C=O) groups excluding carboxylic acids is 2. The van der Waals surface area contributed by atoms with Crippen molar-refractivity contribution in [3.8, 4) is 0 Å². The molecule has 0 aliphatic carbocycles. The molecule has 2 aromatic rings. The number of hydrogen-bond acceptors (Lipinski definition) is 3. The Morgan fingerprint density at radius 3 is 2.17 bits per heavy atom. The minimum atomic E-state index is -0.367. The first kappa shape index (κ1) is 21.0. The SMILES string of the molecule is Cc1ccc(C2=C(N3CC(C)CC(C)C3)C(=O)N(c3cccc(Cl)c3Cl)C2=O)cc1. The number of hydrogen-bond donors (Lipinski definition) is 0. The fourth-order valence-corrected chi connectivity index (χ4v) is 4.90. The average Bonchev–Trinajstić information content (AvgIpc) is 2.94. The molecule has 4 nitrogen and oxygen atoms in total. The van der Waals surface area contributed by atoms with Crippen LogP contribution in [0.3, 0.4) is 0 Å². The average molecular weight is 443 g/mol. The molecule has 0 spiro atoms. The molecule has 0 saturated carbocycles. The van der Waals surface area contributed by atoms with Gasteiger partial charge in [0.25, 0.3) is 11.8 Å². The second-order valence-corrected chi connectivity index (χ2v) is 9.24. The van der Waals surface area contributed by atoms with Gasteiger partial charge in [0.15, 0.2) is 0 Å². The van der Waals surface area contributed by atoms with Gasteiger partial charge in [-0.1, -0.05) is 72.9 Å².